The van der Waals surface area contributed by atoms with E-state index in [-0.39, 0.29) is 0 Å². The van der Waals surface area contributed by atoms with E-state index in [9.17, 15) is 0 Å². The molecule has 132 valence electrons. The number of aromatic nitrogens is 1. The third-order valence-electron chi connectivity index (χ3n) is 4.82. The Labute approximate surface area is 148 Å². The van der Waals surface area contributed by atoms with Crippen molar-refractivity contribution in [2.75, 3.05) is 13.1 Å². The maximum atomic E-state index is 4.35. The lowest BCUT2D eigenvalue weighted by molar-refractivity contribution is 0.395. The van der Waals surface area contributed by atoms with Crippen LogP contribution in [0.1, 0.15) is 76.3 Å². The first-order chi connectivity index (χ1) is 11.8. The molecule has 2 nitrogen and oxygen atoms in total. The molecule has 1 aromatic heterocycles. The fourth-order valence-corrected chi connectivity index (χ4v) is 3.29. The van der Waals surface area contributed by atoms with Crippen molar-refractivity contribution in [1.82, 2.24) is 9.88 Å². The van der Waals surface area contributed by atoms with Gasteiger partial charge in [0, 0.05) is 25.5 Å². The predicted octanol–water partition coefficient (Wildman–Crippen LogP) is 6.00. The molecule has 0 bridgehead atoms. The number of allylic oxidation sites excluding steroid dienone is 2. The lowest BCUT2D eigenvalue weighted by Crippen LogP contribution is -2.21. The summed E-state index contributed by atoms with van der Waals surface area (Å²) >= 11 is 0. The van der Waals surface area contributed by atoms with Gasteiger partial charge < -0.3 is 4.90 Å². The van der Waals surface area contributed by atoms with Crippen molar-refractivity contribution >= 4 is 5.57 Å². The minimum atomic E-state index is 1.04. The fourth-order valence-electron chi connectivity index (χ4n) is 3.29. The second-order valence-electron chi connectivity index (χ2n) is 6.87. The topological polar surface area (TPSA) is 16.1 Å². The molecule has 0 unspecified atom stereocenters. The number of unbranched alkanes of at least 4 members (excludes halogenated alkanes) is 6. The van der Waals surface area contributed by atoms with Gasteiger partial charge in [0.1, 0.15) is 0 Å². The quantitative estimate of drug-likeness (QED) is 0.464. The SMILES string of the molecule is CCCCCCc1cnccc1C1=CCN(CCCCCC)C=C1. The van der Waals surface area contributed by atoms with Crippen molar-refractivity contribution < 1.29 is 0 Å². The first kappa shape index (κ1) is 18.8. The molecule has 0 atom stereocenters. The van der Waals surface area contributed by atoms with Gasteiger partial charge in [0.15, 0.2) is 0 Å². The van der Waals surface area contributed by atoms with Crippen molar-refractivity contribution in [1.29, 1.82) is 0 Å². The number of nitrogens with zero attached hydrogens (tertiary/aromatic N) is 2. The largest absolute Gasteiger partial charge is 0.374 e. The lowest BCUT2D eigenvalue weighted by Gasteiger charge is -2.23. The van der Waals surface area contributed by atoms with Crippen LogP contribution in [0.2, 0.25) is 0 Å². The van der Waals surface area contributed by atoms with Gasteiger partial charge in [-0.05, 0) is 54.3 Å². The maximum Gasteiger partial charge on any atom is 0.0363 e. The standard InChI is InChI=1S/C22H34N2/c1-3-5-7-9-11-21-19-23-15-12-22(21)20-13-17-24(18-14-20)16-10-8-6-4-2/h12-15,17,19H,3-11,16,18H2,1-2H3. The molecule has 1 aliphatic heterocycles. The van der Waals surface area contributed by atoms with Crippen LogP contribution in [0.25, 0.3) is 5.57 Å². The van der Waals surface area contributed by atoms with E-state index in [4.69, 9.17) is 0 Å². The van der Waals surface area contributed by atoms with Gasteiger partial charge in [0.05, 0.1) is 0 Å². The molecule has 1 aromatic rings. The van der Waals surface area contributed by atoms with Gasteiger partial charge >= 0.3 is 0 Å². The summed E-state index contributed by atoms with van der Waals surface area (Å²) in [5.74, 6) is 0. The molecule has 24 heavy (non-hydrogen) atoms. The summed E-state index contributed by atoms with van der Waals surface area (Å²) in [5, 5.41) is 0. The number of hydrogen-bond donors (Lipinski definition) is 0. The Hall–Kier alpha value is -1.57. The molecule has 2 heterocycles. The minimum absolute atomic E-state index is 1.04. The van der Waals surface area contributed by atoms with Gasteiger partial charge in [-0.2, -0.15) is 0 Å². The molecular formula is C22H34N2. The van der Waals surface area contributed by atoms with E-state index in [2.05, 4.69) is 54.3 Å². The van der Waals surface area contributed by atoms with Gasteiger partial charge in [-0.15, -0.1) is 0 Å². The maximum absolute atomic E-state index is 4.35. The fraction of sp³-hybridized carbons (Fsp3) is 0.591. The molecule has 0 saturated heterocycles. The van der Waals surface area contributed by atoms with Crippen LogP contribution in [-0.2, 0) is 6.42 Å². The molecule has 0 aliphatic carbocycles. The minimum Gasteiger partial charge on any atom is -0.374 e. The molecule has 0 aromatic carbocycles. The third kappa shape index (κ3) is 6.14. The van der Waals surface area contributed by atoms with Gasteiger partial charge in [-0.25, -0.2) is 0 Å². The highest BCUT2D eigenvalue weighted by atomic mass is 15.1. The molecule has 0 amide bonds. The Balaban J connectivity index is 1.88. The summed E-state index contributed by atoms with van der Waals surface area (Å²) in [5.41, 5.74) is 4.15. The Morgan fingerprint density at radius 1 is 1.00 bits per heavy atom. The lowest BCUT2D eigenvalue weighted by atomic mass is 9.96. The number of hydrogen-bond acceptors (Lipinski definition) is 2. The first-order valence-electron chi connectivity index (χ1n) is 9.90. The highest BCUT2D eigenvalue weighted by Gasteiger charge is 2.10. The van der Waals surface area contributed by atoms with Crippen LogP contribution in [-0.4, -0.2) is 23.0 Å². The molecular weight excluding hydrogens is 292 g/mol. The zero-order valence-corrected chi connectivity index (χ0v) is 15.6. The second kappa shape index (κ2) is 11.1. The Kier molecular flexibility index (Phi) is 8.65. The number of rotatable bonds is 11. The molecule has 0 spiro atoms. The molecule has 0 radical (unpaired) electrons. The first-order valence-corrected chi connectivity index (χ1v) is 9.90. The summed E-state index contributed by atoms with van der Waals surface area (Å²) in [6.45, 7) is 6.75. The average molecular weight is 327 g/mol. The number of aryl methyl sites for hydroxylation is 1. The Bertz CT molecular complexity index is 531. The van der Waals surface area contributed by atoms with Crippen molar-refractivity contribution in [3.63, 3.8) is 0 Å². The van der Waals surface area contributed by atoms with Gasteiger partial charge in [0.25, 0.3) is 0 Å². The molecule has 1 aliphatic rings. The zero-order valence-electron chi connectivity index (χ0n) is 15.6. The predicted molar refractivity (Wildman–Crippen MR) is 105 cm³/mol. The van der Waals surface area contributed by atoms with E-state index >= 15 is 0 Å². The molecule has 2 rings (SSSR count). The Morgan fingerprint density at radius 3 is 2.50 bits per heavy atom. The van der Waals surface area contributed by atoms with Crippen LogP contribution in [0.3, 0.4) is 0 Å². The van der Waals surface area contributed by atoms with Crippen LogP contribution < -0.4 is 0 Å². The van der Waals surface area contributed by atoms with E-state index in [0.29, 0.717) is 0 Å². The summed E-state index contributed by atoms with van der Waals surface area (Å²) in [7, 11) is 0. The molecule has 0 N–H and O–H groups in total. The van der Waals surface area contributed by atoms with Crippen molar-refractivity contribution in [3.8, 4) is 0 Å². The van der Waals surface area contributed by atoms with E-state index in [1.165, 1.54) is 74.6 Å². The van der Waals surface area contributed by atoms with Gasteiger partial charge in [-0.1, -0.05) is 58.4 Å². The highest BCUT2D eigenvalue weighted by Crippen LogP contribution is 2.24. The summed E-state index contributed by atoms with van der Waals surface area (Å²) < 4.78 is 0. The molecule has 0 saturated carbocycles. The summed E-state index contributed by atoms with van der Waals surface area (Å²) in [4.78, 5) is 6.78. The van der Waals surface area contributed by atoms with E-state index in [1.54, 1.807) is 0 Å². The van der Waals surface area contributed by atoms with E-state index < -0.39 is 0 Å². The van der Waals surface area contributed by atoms with Crippen molar-refractivity contribution in [2.45, 2.75) is 71.6 Å². The van der Waals surface area contributed by atoms with Crippen LogP contribution in [0, 0.1) is 0 Å². The van der Waals surface area contributed by atoms with Gasteiger partial charge in [-0.3, -0.25) is 4.98 Å². The van der Waals surface area contributed by atoms with Crippen LogP contribution in [0.5, 0.6) is 0 Å². The molecule has 0 fully saturated rings. The highest BCUT2D eigenvalue weighted by molar-refractivity contribution is 5.76. The molecule has 2 heteroatoms. The normalized spacial score (nSPS) is 14.1. The van der Waals surface area contributed by atoms with Crippen molar-refractivity contribution in [3.05, 3.63) is 47.9 Å². The van der Waals surface area contributed by atoms with Crippen molar-refractivity contribution in [2.24, 2.45) is 0 Å². The van der Waals surface area contributed by atoms with Crippen LogP contribution >= 0.6 is 0 Å². The smallest absolute Gasteiger partial charge is 0.0363 e. The second-order valence-corrected chi connectivity index (χ2v) is 6.87. The average Bonchev–Trinajstić information content (AvgIpc) is 2.63. The number of pyridine rings is 1. The van der Waals surface area contributed by atoms with Gasteiger partial charge in [0.2, 0.25) is 0 Å². The third-order valence-corrected chi connectivity index (χ3v) is 4.82. The summed E-state index contributed by atoms with van der Waals surface area (Å²) in [6, 6.07) is 2.18. The monoisotopic (exact) mass is 326 g/mol. The van der Waals surface area contributed by atoms with E-state index in [0.717, 1.165) is 13.0 Å². The zero-order chi connectivity index (χ0) is 17.0. The Morgan fingerprint density at radius 2 is 1.79 bits per heavy atom. The van der Waals surface area contributed by atoms with Crippen LogP contribution in [0.4, 0.5) is 0 Å². The van der Waals surface area contributed by atoms with Crippen LogP contribution in [0.15, 0.2) is 36.8 Å². The summed E-state index contributed by atoms with van der Waals surface area (Å²) in [6.07, 6.45) is 22.6. The van der Waals surface area contributed by atoms with E-state index in [1.807, 2.05) is 6.20 Å².